The molecule has 0 fully saturated rings. The van der Waals surface area contributed by atoms with Crippen LogP contribution in [0.25, 0.3) is 22.2 Å². The molecule has 8 heteroatoms. The number of aliphatic imine (C=N–C) groups is 1. The Morgan fingerprint density at radius 1 is 1.30 bits per heavy atom. The number of pyridine rings is 2. The lowest BCUT2D eigenvalue weighted by molar-refractivity contribution is 0.416. The Balaban J connectivity index is 1.86. The number of methoxy groups -OCH3 is 1. The second-order valence-electron chi connectivity index (χ2n) is 6.08. The van der Waals surface area contributed by atoms with Crippen LogP contribution in [0.1, 0.15) is 12.5 Å². The summed E-state index contributed by atoms with van der Waals surface area (Å²) in [6.45, 7) is 1.84. The van der Waals surface area contributed by atoms with Crippen LogP contribution in [0, 0.1) is 0 Å². The molecule has 136 valence electrons. The van der Waals surface area contributed by atoms with Crippen molar-refractivity contribution in [1.82, 2.24) is 24.7 Å². The zero-order valence-electron chi connectivity index (χ0n) is 15.1. The summed E-state index contributed by atoms with van der Waals surface area (Å²) in [5, 5.41) is 15.5. The van der Waals surface area contributed by atoms with Crippen LogP contribution in [0.2, 0.25) is 0 Å². The van der Waals surface area contributed by atoms with E-state index in [0.717, 1.165) is 10.9 Å². The standard InChI is InChI=1S/C19H18N6O2/c1-11(22-17-5-7-25(2)24-17)18-12-8-14(21-10-15(12)23-19(18)26)13-9-20-6-4-16(13)27-3/h4-10,23,26H,1-3H3. The van der Waals surface area contributed by atoms with E-state index in [1.54, 1.807) is 36.4 Å². The molecule has 4 heterocycles. The molecule has 4 aromatic rings. The Morgan fingerprint density at radius 2 is 2.15 bits per heavy atom. The number of fused-ring (bicyclic) bond motifs is 1. The van der Waals surface area contributed by atoms with Gasteiger partial charge in [-0.1, -0.05) is 0 Å². The number of aromatic nitrogens is 5. The minimum absolute atomic E-state index is 0.0410. The van der Waals surface area contributed by atoms with Gasteiger partial charge in [0.2, 0.25) is 0 Å². The fraction of sp³-hybridized carbons (Fsp3) is 0.158. The van der Waals surface area contributed by atoms with Crippen molar-refractivity contribution in [2.45, 2.75) is 6.92 Å². The Bertz CT molecular complexity index is 1160. The molecule has 0 radical (unpaired) electrons. The molecule has 27 heavy (non-hydrogen) atoms. The highest BCUT2D eigenvalue weighted by Gasteiger charge is 2.17. The van der Waals surface area contributed by atoms with Crippen LogP contribution in [0.3, 0.4) is 0 Å². The third-order valence-corrected chi connectivity index (χ3v) is 4.28. The third-order valence-electron chi connectivity index (χ3n) is 4.28. The Hall–Kier alpha value is -3.68. The first-order valence-electron chi connectivity index (χ1n) is 8.31. The fourth-order valence-electron chi connectivity index (χ4n) is 3.04. The molecule has 0 amide bonds. The summed E-state index contributed by atoms with van der Waals surface area (Å²) < 4.78 is 7.08. The van der Waals surface area contributed by atoms with E-state index in [-0.39, 0.29) is 5.88 Å². The molecule has 4 aromatic heterocycles. The van der Waals surface area contributed by atoms with E-state index in [1.807, 2.05) is 32.3 Å². The first-order valence-corrected chi connectivity index (χ1v) is 8.31. The van der Waals surface area contributed by atoms with Gasteiger partial charge in [-0.25, -0.2) is 4.99 Å². The van der Waals surface area contributed by atoms with E-state index in [4.69, 9.17) is 4.74 Å². The molecule has 0 aliphatic heterocycles. The molecule has 0 unspecified atom stereocenters. The Kier molecular flexibility index (Phi) is 4.08. The summed E-state index contributed by atoms with van der Waals surface area (Å²) in [6.07, 6.45) is 6.86. The molecule has 0 bridgehead atoms. The van der Waals surface area contributed by atoms with Gasteiger partial charge in [-0.2, -0.15) is 5.10 Å². The maximum absolute atomic E-state index is 10.4. The molecule has 0 saturated carbocycles. The van der Waals surface area contributed by atoms with Crippen LogP contribution in [-0.4, -0.2) is 42.7 Å². The number of nitrogens with zero attached hydrogens (tertiary/aromatic N) is 5. The highest BCUT2D eigenvalue weighted by molar-refractivity contribution is 6.13. The van der Waals surface area contributed by atoms with E-state index in [9.17, 15) is 5.11 Å². The molecule has 8 nitrogen and oxygen atoms in total. The Labute approximate surface area is 155 Å². The van der Waals surface area contributed by atoms with Crippen molar-refractivity contribution < 1.29 is 9.84 Å². The number of nitrogens with one attached hydrogen (secondary N) is 1. The monoisotopic (exact) mass is 362 g/mol. The third kappa shape index (κ3) is 3.01. The number of H-pyrrole nitrogens is 1. The normalized spacial score (nSPS) is 11.9. The van der Waals surface area contributed by atoms with E-state index >= 15 is 0 Å². The van der Waals surface area contributed by atoms with Crippen molar-refractivity contribution in [2.75, 3.05) is 7.11 Å². The van der Waals surface area contributed by atoms with Crippen LogP contribution in [-0.2, 0) is 7.05 Å². The molecule has 0 aliphatic carbocycles. The fourth-order valence-corrected chi connectivity index (χ4v) is 3.04. The topological polar surface area (TPSA) is 101 Å². The summed E-state index contributed by atoms with van der Waals surface area (Å²) in [5.74, 6) is 1.29. The minimum atomic E-state index is 0.0410. The zero-order chi connectivity index (χ0) is 19.0. The lowest BCUT2D eigenvalue weighted by Gasteiger charge is -2.07. The van der Waals surface area contributed by atoms with Crippen LogP contribution in [0.4, 0.5) is 5.82 Å². The van der Waals surface area contributed by atoms with Crippen LogP contribution < -0.4 is 4.74 Å². The molecule has 0 spiro atoms. The average Bonchev–Trinajstić information content (AvgIpc) is 3.22. The smallest absolute Gasteiger partial charge is 0.198 e. The molecule has 0 atom stereocenters. The summed E-state index contributed by atoms with van der Waals surface area (Å²) in [5.41, 5.74) is 3.44. The first kappa shape index (κ1) is 16.8. The van der Waals surface area contributed by atoms with Crippen molar-refractivity contribution in [1.29, 1.82) is 0 Å². The van der Waals surface area contributed by atoms with Gasteiger partial charge < -0.3 is 14.8 Å². The van der Waals surface area contributed by atoms with E-state index < -0.39 is 0 Å². The zero-order valence-corrected chi connectivity index (χ0v) is 15.1. The van der Waals surface area contributed by atoms with Crippen molar-refractivity contribution >= 4 is 22.4 Å². The number of aromatic hydroxyl groups is 1. The number of hydrogen-bond donors (Lipinski definition) is 2. The molecular formula is C19H18N6O2. The second-order valence-corrected chi connectivity index (χ2v) is 6.08. The summed E-state index contributed by atoms with van der Waals surface area (Å²) in [6, 6.07) is 5.48. The lowest BCUT2D eigenvalue weighted by Crippen LogP contribution is -1.95. The average molecular weight is 362 g/mol. The van der Waals surface area contributed by atoms with Gasteiger partial charge in [0.1, 0.15) is 5.75 Å². The van der Waals surface area contributed by atoms with Crippen molar-refractivity contribution in [3.05, 3.63) is 48.5 Å². The van der Waals surface area contributed by atoms with E-state index in [0.29, 0.717) is 34.1 Å². The van der Waals surface area contributed by atoms with Crippen LogP contribution in [0.5, 0.6) is 11.6 Å². The molecule has 4 rings (SSSR count). The van der Waals surface area contributed by atoms with Gasteiger partial charge >= 0.3 is 0 Å². The highest BCUT2D eigenvalue weighted by atomic mass is 16.5. The molecule has 0 aromatic carbocycles. The molecule has 2 N–H and O–H groups in total. The number of aromatic amines is 1. The predicted octanol–water partition coefficient (Wildman–Crippen LogP) is 3.21. The van der Waals surface area contributed by atoms with Gasteiger partial charge in [0.05, 0.1) is 41.4 Å². The van der Waals surface area contributed by atoms with E-state index in [1.165, 1.54) is 0 Å². The Morgan fingerprint density at radius 3 is 2.89 bits per heavy atom. The summed E-state index contributed by atoms with van der Waals surface area (Å²) >= 11 is 0. The SMILES string of the molecule is COc1ccncc1-c1cc2c(C(C)=Nc3ccn(C)n3)c(O)[nH]c2cn1. The molecule has 0 saturated heterocycles. The number of ether oxygens (including phenoxy) is 1. The largest absolute Gasteiger partial charge is 0.496 e. The van der Waals surface area contributed by atoms with E-state index in [2.05, 4.69) is 25.0 Å². The highest BCUT2D eigenvalue weighted by Crippen LogP contribution is 2.33. The van der Waals surface area contributed by atoms with Gasteiger partial charge in [-0.3, -0.25) is 14.6 Å². The number of rotatable bonds is 4. The minimum Gasteiger partial charge on any atom is -0.496 e. The van der Waals surface area contributed by atoms with Gasteiger partial charge in [0.15, 0.2) is 11.7 Å². The molecule has 0 aliphatic rings. The van der Waals surface area contributed by atoms with Gasteiger partial charge in [-0.05, 0) is 19.1 Å². The quantitative estimate of drug-likeness (QED) is 0.543. The van der Waals surface area contributed by atoms with Crippen molar-refractivity contribution in [3.8, 4) is 22.9 Å². The number of aryl methyl sites for hydroxylation is 1. The predicted molar refractivity (Wildman–Crippen MR) is 103 cm³/mol. The van der Waals surface area contributed by atoms with Crippen LogP contribution >= 0.6 is 0 Å². The van der Waals surface area contributed by atoms with Crippen LogP contribution in [0.15, 0.2) is 48.0 Å². The maximum atomic E-state index is 10.4. The summed E-state index contributed by atoms with van der Waals surface area (Å²) in [7, 11) is 3.44. The first-order chi connectivity index (χ1) is 13.1. The van der Waals surface area contributed by atoms with Gasteiger partial charge in [0, 0.05) is 37.1 Å². The lowest BCUT2D eigenvalue weighted by atomic mass is 10.1. The van der Waals surface area contributed by atoms with Crippen molar-refractivity contribution in [3.63, 3.8) is 0 Å². The summed E-state index contributed by atoms with van der Waals surface area (Å²) in [4.78, 5) is 16.1. The van der Waals surface area contributed by atoms with Gasteiger partial charge in [0.25, 0.3) is 0 Å². The maximum Gasteiger partial charge on any atom is 0.198 e. The van der Waals surface area contributed by atoms with Crippen molar-refractivity contribution in [2.24, 2.45) is 12.0 Å². The molecular weight excluding hydrogens is 344 g/mol. The second kappa shape index (κ2) is 6.56. The van der Waals surface area contributed by atoms with Gasteiger partial charge in [-0.15, -0.1) is 0 Å². The number of hydrogen-bond acceptors (Lipinski definition) is 6.